The maximum absolute atomic E-state index is 5.10. The SMILES string of the molecule is C1=Cc2c(n(-c3ccccc3)c3cccc(-c4cccc5c4sc4c(-c6nc(-c7ccccc7)nc(-c7ccccc7)n6)cccc45)c23)CC1. The monoisotopic (exact) mass is 658 g/mol. The molecule has 6 aromatic carbocycles. The highest BCUT2D eigenvalue weighted by Crippen LogP contribution is 2.46. The number of benzene rings is 6. The molecule has 1 aliphatic carbocycles. The largest absolute Gasteiger partial charge is 0.313 e. The van der Waals surface area contributed by atoms with E-state index in [1.807, 2.05) is 47.7 Å². The number of aromatic nitrogens is 4. The fourth-order valence-corrected chi connectivity index (χ4v) is 8.84. The van der Waals surface area contributed by atoms with Crippen LogP contribution >= 0.6 is 11.3 Å². The minimum Gasteiger partial charge on any atom is -0.313 e. The zero-order valence-corrected chi connectivity index (χ0v) is 27.9. The maximum Gasteiger partial charge on any atom is 0.165 e. The van der Waals surface area contributed by atoms with Gasteiger partial charge in [-0.1, -0.05) is 133 Å². The van der Waals surface area contributed by atoms with Crippen LogP contribution in [-0.2, 0) is 6.42 Å². The van der Waals surface area contributed by atoms with Crippen LogP contribution in [0.5, 0.6) is 0 Å². The highest BCUT2D eigenvalue weighted by Gasteiger charge is 2.23. The lowest BCUT2D eigenvalue weighted by atomic mass is 9.94. The molecule has 0 amide bonds. The number of allylic oxidation sites excluding steroid dienone is 1. The van der Waals surface area contributed by atoms with Crippen LogP contribution in [0, 0.1) is 0 Å². The van der Waals surface area contributed by atoms with E-state index in [9.17, 15) is 0 Å². The lowest BCUT2D eigenvalue weighted by Gasteiger charge is -2.13. The molecule has 4 nitrogen and oxygen atoms in total. The Kier molecular flexibility index (Phi) is 6.78. The van der Waals surface area contributed by atoms with Gasteiger partial charge in [0, 0.05) is 64.8 Å². The number of rotatable bonds is 5. The van der Waals surface area contributed by atoms with Gasteiger partial charge in [0.15, 0.2) is 17.5 Å². The third-order valence-corrected chi connectivity index (χ3v) is 11.0. The molecule has 0 saturated carbocycles. The summed E-state index contributed by atoms with van der Waals surface area (Å²) in [6.07, 6.45) is 6.73. The molecular formula is C45H30N4S. The molecule has 5 heteroatoms. The molecule has 9 aromatic rings. The van der Waals surface area contributed by atoms with E-state index in [1.54, 1.807) is 0 Å². The quantitative estimate of drug-likeness (QED) is 0.185. The summed E-state index contributed by atoms with van der Waals surface area (Å²) < 4.78 is 4.91. The second-order valence-corrected chi connectivity index (χ2v) is 13.7. The van der Waals surface area contributed by atoms with Gasteiger partial charge in [-0.15, -0.1) is 11.3 Å². The van der Waals surface area contributed by atoms with Gasteiger partial charge >= 0.3 is 0 Å². The van der Waals surface area contributed by atoms with Gasteiger partial charge < -0.3 is 4.57 Å². The molecule has 0 bridgehead atoms. The Labute approximate surface area is 293 Å². The van der Waals surface area contributed by atoms with E-state index in [0.717, 1.165) is 29.5 Å². The van der Waals surface area contributed by atoms with Crippen molar-refractivity contribution < 1.29 is 0 Å². The predicted octanol–water partition coefficient (Wildman–Crippen LogP) is 11.8. The van der Waals surface area contributed by atoms with Gasteiger partial charge in [-0.3, -0.25) is 0 Å². The molecular weight excluding hydrogens is 629 g/mol. The standard InChI is InChI=1S/C45H30N4S/c1-4-15-29(16-5-1)43-46-44(30-17-6-2-7-18-30)48-45(47-43)37-26-13-25-35-34-24-12-23-33(41(34)50-42(35)37)32-22-14-28-39-40(32)36-21-10-11-27-38(36)49(39)31-19-8-3-9-20-31/h1-10,12-26,28H,11,27H2. The molecule has 3 heterocycles. The van der Waals surface area contributed by atoms with Gasteiger partial charge in [0.05, 0.1) is 5.52 Å². The van der Waals surface area contributed by atoms with Crippen molar-refractivity contribution in [3.05, 3.63) is 163 Å². The number of fused-ring (bicyclic) bond motifs is 6. The summed E-state index contributed by atoms with van der Waals surface area (Å²) in [5.74, 6) is 2.01. The highest BCUT2D eigenvalue weighted by molar-refractivity contribution is 7.26. The van der Waals surface area contributed by atoms with E-state index in [0.29, 0.717) is 17.5 Å². The lowest BCUT2D eigenvalue weighted by Crippen LogP contribution is -2.02. The van der Waals surface area contributed by atoms with Crippen LogP contribution in [0.3, 0.4) is 0 Å². The summed E-state index contributed by atoms with van der Waals surface area (Å²) in [5.41, 5.74) is 10.6. The number of hydrogen-bond acceptors (Lipinski definition) is 4. The Morgan fingerprint density at radius 1 is 0.500 bits per heavy atom. The molecule has 0 saturated heterocycles. The van der Waals surface area contributed by atoms with Crippen molar-refractivity contribution >= 4 is 48.5 Å². The zero-order valence-electron chi connectivity index (χ0n) is 27.1. The van der Waals surface area contributed by atoms with E-state index in [-0.39, 0.29) is 0 Å². The Morgan fingerprint density at radius 3 is 1.74 bits per heavy atom. The number of nitrogens with zero attached hydrogens (tertiary/aromatic N) is 4. The van der Waals surface area contributed by atoms with E-state index in [1.165, 1.54) is 59.1 Å². The molecule has 0 aliphatic heterocycles. The second-order valence-electron chi connectivity index (χ2n) is 12.7. The molecule has 0 radical (unpaired) electrons. The summed E-state index contributed by atoms with van der Waals surface area (Å²) >= 11 is 1.83. The zero-order chi connectivity index (χ0) is 33.0. The van der Waals surface area contributed by atoms with Crippen LogP contribution in [-0.4, -0.2) is 19.5 Å². The first-order valence-electron chi connectivity index (χ1n) is 17.0. The van der Waals surface area contributed by atoms with Crippen LogP contribution in [0.25, 0.3) is 88.1 Å². The topological polar surface area (TPSA) is 43.6 Å². The van der Waals surface area contributed by atoms with Crippen LogP contribution in [0.15, 0.2) is 152 Å². The molecule has 0 spiro atoms. The first-order chi connectivity index (χ1) is 24.8. The summed E-state index contributed by atoms with van der Waals surface area (Å²) in [7, 11) is 0. The summed E-state index contributed by atoms with van der Waals surface area (Å²) in [6, 6.07) is 51.2. The molecule has 50 heavy (non-hydrogen) atoms. The third-order valence-electron chi connectivity index (χ3n) is 9.74. The van der Waals surface area contributed by atoms with Crippen molar-refractivity contribution in [2.24, 2.45) is 0 Å². The van der Waals surface area contributed by atoms with Gasteiger partial charge in [-0.05, 0) is 42.7 Å². The van der Waals surface area contributed by atoms with Crippen LogP contribution < -0.4 is 0 Å². The van der Waals surface area contributed by atoms with E-state index >= 15 is 0 Å². The highest BCUT2D eigenvalue weighted by atomic mass is 32.1. The second kappa shape index (κ2) is 11.8. The fraction of sp³-hybridized carbons (Fsp3) is 0.0444. The predicted molar refractivity (Wildman–Crippen MR) is 209 cm³/mol. The Hall–Kier alpha value is -6.17. The van der Waals surface area contributed by atoms with Crippen LogP contribution in [0.1, 0.15) is 17.7 Å². The van der Waals surface area contributed by atoms with Crippen molar-refractivity contribution in [1.29, 1.82) is 0 Å². The van der Waals surface area contributed by atoms with Crippen molar-refractivity contribution in [2.75, 3.05) is 0 Å². The molecule has 10 rings (SSSR count). The van der Waals surface area contributed by atoms with Crippen molar-refractivity contribution in [3.63, 3.8) is 0 Å². The minimum atomic E-state index is 0.667. The van der Waals surface area contributed by atoms with Gasteiger partial charge in [0.2, 0.25) is 0 Å². The molecule has 3 aromatic heterocycles. The summed E-state index contributed by atoms with van der Waals surface area (Å²) in [6.45, 7) is 0. The lowest BCUT2D eigenvalue weighted by molar-refractivity contribution is 0.888. The van der Waals surface area contributed by atoms with E-state index in [4.69, 9.17) is 15.0 Å². The molecule has 0 atom stereocenters. The average Bonchev–Trinajstić information content (AvgIpc) is 3.75. The molecule has 0 unspecified atom stereocenters. The molecule has 0 fully saturated rings. The van der Waals surface area contributed by atoms with Gasteiger partial charge in [0.25, 0.3) is 0 Å². The van der Waals surface area contributed by atoms with Gasteiger partial charge in [-0.25, -0.2) is 15.0 Å². The molecule has 236 valence electrons. The van der Waals surface area contributed by atoms with Crippen LogP contribution in [0.4, 0.5) is 0 Å². The third kappa shape index (κ3) is 4.62. The fourth-order valence-electron chi connectivity index (χ4n) is 7.50. The Balaban J connectivity index is 1.21. The summed E-state index contributed by atoms with van der Waals surface area (Å²) in [4.78, 5) is 15.1. The van der Waals surface area contributed by atoms with E-state index < -0.39 is 0 Å². The number of para-hydroxylation sites is 1. The van der Waals surface area contributed by atoms with Gasteiger partial charge in [0.1, 0.15) is 0 Å². The van der Waals surface area contributed by atoms with Crippen molar-refractivity contribution in [3.8, 4) is 51.0 Å². The first-order valence-corrected chi connectivity index (χ1v) is 17.8. The number of hydrogen-bond donors (Lipinski definition) is 0. The molecule has 1 aliphatic rings. The smallest absolute Gasteiger partial charge is 0.165 e. The summed E-state index contributed by atoms with van der Waals surface area (Å²) in [5, 5.41) is 3.77. The normalized spacial score (nSPS) is 12.6. The van der Waals surface area contributed by atoms with Crippen LogP contribution in [0.2, 0.25) is 0 Å². The van der Waals surface area contributed by atoms with E-state index in [2.05, 4.69) is 126 Å². The Bertz CT molecular complexity index is 2690. The molecule has 0 N–H and O–H groups in total. The average molecular weight is 659 g/mol. The van der Waals surface area contributed by atoms with Crippen molar-refractivity contribution in [1.82, 2.24) is 19.5 Å². The minimum absolute atomic E-state index is 0.667. The Morgan fingerprint density at radius 2 is 1.06 bits per heavy atom. The van der Waals surface area contributed by atoms with Crippen molar-refractivity contribution in [2.45, 2.75) is 12.8 Å². The number of thiophene rings is 1. The first kappa shape index (κ1) is 28.8. The van der Waals surface area contributed by atoms with Gasteiger partial charge in [-0.2, -0.15) is 0 Å². The maximum atomic E-state index is 5.10.